The van der Waals surface area contributed by atoms with E-state index >= 15 is 0 Å². The largest absolute Gasteiger partial charge is 0.495 e. The Kier molecular flexibility index (Phi) is 5.10. The van der Waals surface area contributed by atoms with Crippen molar-refractivity contribution >= 4 is 5.91 Å². The third-order valence-corrected chi connectivity index (χ3v) is 3.26. The summed E-state index contributed by atoms with van der Waals surface area (Å²) in [4.78, 5) is 16.3. The predicted octanol–water partition coefficient (Wildman–Crippen LogP) is 2.38. The molecule has 0 saturated heterocycles. The van der Waals surface area contributed by atoms with Crippen LogP contribution in [-0.2, 0) is 11.2 Å². The van der Waals surface area contributed by atoms with Gasteiger partial charge in [-0.2, -0.15) is 5.26 Å². The van der Waals surface area contributed by atoms with E-state index in [1.807, 2.05) is 19.1 Å². The summed E-state index contributed by atoms with van der Waals surface area (Å²) < 4.78 is 5.06. The van der Waals surface area contributed by atoms with E-state index in [9.17, 15) is 4.79 Å². The summed E-state index contributed by atoms with van der Waals surface area (Å²) in [6.07, 6.45) is 1.89. The van der Waals surface area contributed by atoms with Gasteiger partial charge in [0.25, 0.3) is 0 Å². The number of amides is 1. The van der Waals surface area contributed by atoms with Crippen LogP contribution in [0.4, 0.5) is 0 Å². The number of nitrogens with zero attached hydrogens (tertiary/aromatic N) is 2. The molecule has 0 fully saturated rings. The van der Waals surface area contributed by atoms with Gasteiger partial charge in [0.1, 0.15) is 5.75 Å². The van der Waals surface area contributed by atoms with Crippen LogP contribution < -0.4 is 10.1 Å². The van der Waals surface area contributed by atoms with Crippen molar-refractivity contribution in [1.29, 1.82) is 5.26 Å². The van der Waals surface area contributed by atoms with Crippen molar-refractivity contribution in [2.75, 3.05) is 7.11 Å². The Morgan fingerprint density at radius 1 is 1.32 bits per heavy atom. The molecular formula is C17H17N3O2. The third kappa shape index (κ3) is 4.06. The van der Waals surface area contributed by atoms with Crippen molar-refractivity contribution in [3.8, 4) is 11.8 Å². The monoisotopic (exact) mass is 295 g/mol. The number of hydrogen-bond acceptors (Lipinski definition) is 4. The van der Waals surface area contributed by atoms with Crippen molar-refractivity contribution in [2.45, 2.75) is 19.4 Å². The van der Waals surface area contributed by atoms with Gasteiger partial charge < -0.3 is 10.1 Å². The number of ether oxygens (including phenoxy) is 1. The number of nitrogens with one attached hydrogen (secondary N) is 1. The maximum atomic E-state index is 12.0. The lowest BCUT2D eigenvalue weighted by Gasteiger charge is -2.14. The van der Waals surface area contributed by atoms with E-state index in [1.165, 1.54) is 0 Å². The van der Waals surface area contributed by atoms with E-state index < -0.39 is 0 Å². The molecule has 0 spiro atoms. The molecule has 0 aliphatic rings. The lowest BCUT2D eigenvalue weighted by atomic mass is 10.1. The molecule has 1 aromatic carbocycles. The van der Waals surface area contributed by atoms with Gasteiger partial charge in [0.05, 0.1) is 43.1 Å². The molecule has 0 bridgehead atoms. The highest BCUT2D eigenvalue weighted by Gasteiger charge is 2.11. The molecule has 2 rings (SSSR count). The number of pyridine rings is 1. The van der Waals surface area contributed by atoms with Crippen LogP contribution in [0.2, 0.25) is 0 Å². The number of carbonyl (C=O) groups excluding carboxylic acids is 1. The van der Waals surface area contributed by atoms with Gasteiger partial charge in [-0.15, -0.1) is 0 Å². The Morgan fingerprint density at radius 3 is 2.59 bits per heavy atom. The summed E-state index contributed by atoms with van der Waals surface area (Å²) in [6, 6.07) is 12.5. The molecule has 1 atom stereocenters. The number of rotatable bonds is 5. The minimum atomic E-state index is -0.184. The number of methoxy groups -OCH3 is 1. The molecule has 0 aliphatic heterocycles. The maximum Gasteiger partial charge on any atom is 0.224 e. The molecule has 5 heteroatoms. The molecule has 0 unspecified atom stereocenters. The first-order valence-corrected chi connectivity index (χ1v) is 6.90. The molecule has 1 aromatic heterocycles. The van der Waals surface area contributed by atoms with Crippen LogP contribution in [0.3, 0.4) is 0 Å². The zero-order chi connectivity index (χ0) is 15.9. The standard InChI is InChI=1S/C17H17N3O2/c1-12(16-8-7-15(22-2)11-19-16)20-17(21)9-13-3-5-14(10-18)6-4-13/h3-8,11-12H,9H2,1-2H3,(H,20,21)/t12-/m1/s1. The van der Waals surface area contributed by atoms with Gasteiger partial charge in [-0.1, -0.05) is 12.1 Å². The Hall–Kier alpha value is -2.87. The summed E-state index contributed by atoms with van der Waals surface area (Å²) in [5, 5.41) is 11.7. The van der Waals surface area contributed by atoms with Gasteiger partial charge in [0.2, 0.25) is 5.91 Å². The van der Waals surface area contributed by atoms with Crippen LogP contribution >= 0.6 is 0 Å². The first-order valence-electron chi connectivity index (χ1n) is 6.90. The summed E-state index contributed by atoms with van der Waals surface area (Å²) >= 11 is 0. The van der Waals surface area contributed by atoms with Crippen LogP contribution in [0.1, 0.15) is 29.8 Å². The molecule has 0 aliphatic carbocycles. The van der Waals surface area contributed by atoms with Crippen molar-refractivity contribution in [1.82, 2.24) is 10.3 Å². The zero-order valence-electron chi connectivity index (χ0n) is 12.5. The highest BCUT2D eigenvalue weighted by molar-refractivity contribution is 5.79. The SMILES string of the molecule is COc1ccc([C@@H](C)NC(=O)Cc2ccc(C#N)cc2)nc1. The minimum absolute atomic E-state index is 0.0881. The molecule has 1 amide bonds. The van der Waals surface area contributed by atoms with Crippen molar-refractivity contribution < 1.29 is 9.53 Å². The maximum absolute atomic E-state index is 12.0. The quantitative estimate of drug-likeness (QED) is 0.919. The molecule has 0 radical (unpaired) electrons. The van der Waals surface area contributed by atoms with E-state index in [0.717, 1.165) is 11.3 Å². The molecule has 0 saturated carbocycles. The number of aromatic nitrogens is 1. The third-order valence-electron chi connectivity index (χ3n) is 3.26. The zero-order valence-corrected chi connectivity index (χ0v) is 12.5. The average Bonchev–Trinajstić information content (AvgIpc) is 2.55. The lowest BCUT2D eigenvalue weighted by Crippen LogP contribution is -2.28. The smallest absolute Gasteiger partial charge is 0.224 e. The molecule has 1 N–H and O–H groups in total. The number of carbonyl (C=O) groups is 1. The molecular weight excluding hydrogens is 278 g/mol. The Balaban J connectivity index is 1.93. The summed E-state index contributed by atoms with van der Waals surface area (Å²) in [6.45, 7) is 1.88. The molecule has 2 aromatic rings. The van der Waals surface area contributed by atoms with Gasteiger partial charge in [-0.05, 0) is 36.8 Å². The normalized spacial score (nSPS) is 11.3. The molecule has 5 nitrogen and oxygen atoms in total. The van der Waals surface area contributed by atoms with E-state index in [2.05, 4.69) is 16.4 Å². The van der Waals surface area contributed by atoms with Gasteiger partial charge in [-0.25, -0.2) is 0 Å². The fraction of sp³-hybridized carbons (Fsp3) is 0.235. The van der Waals surface area contributed by atoms with E-state index in [0.29, 0.717) is 11.3 Å². The van der Waals surface area contributed by atoms with Crippen LogP contribution in [0.5, 0.6) is 5.75 Å². The average molecular weight is 295 g/mol. The Bertz CT molecular complexity index is 673. The number of hydrogen-bond donors (Lipinski definition) is 1. The molecule has 112 valence electrons. The van der Waals surface area contributed by atoms with Crippen molar-refractivity contribution in [2.24, 2.45) is 0 Å². The Morgan fingerprint density at radius 2 is 2.05 bits per heavy atom. The van der Waals surface area contributed by atoms with E-state index in [-0.39, 0.29) is 18.4 Å². The van der Waals surface area contributed by atoms with Crippen LogP contribution in [0, 0.1) is 11.3 Å². The van der Waals surface area contributed by atoms with Gasteiger partial charge in [0, 0.05) is 0 Å². The van der Waals surface area contributed by atoms with Crippen molar-refractivity contribution in [3.05, 3.63) is 59.4 Å². The Labute approximate surface area is 129 Å². The van der Waals surface area contributed by atoms with E-state index in [4.69, 9.17) is 10.00 Å². The van der Waals surface area contributed by atoms with Gasteiger partial charge in [0.15, 0.2) is 0 Å². The second-order valence-corrected chi connectivity index (χ2v) is 4.90. The fourth-order valence-corrected chi connectivity index (χ4v) is 2.02. The predicted molar refractivity (Wildman–Crippen MR) is 82.2 cm³/mol. The van der Waals surface area contributed by atoms with E-state index in [1.54, 1.807) is 37.6 Å². The lowest BCUT2D eigenvalue weighted by molar-refractivity contribution is -0.121. The van der Waals surface area contributed by atoms with Crippen LogP contribution in [0.25, 0.3) is 0 Å². The molecule has 1 heterocycles. The van der Waals surface area contributed by atoms with Crippen LogP contribution in [-0.4, -0.2) is 18.0 Å². The highest BCUT2D eigenvalue weighted by atomic mass is 16.5. The summed E-state index contributed by atoms with van der Waals surface area (Å²) in [7, 11) is 1.58. The van der Waals surface area contributed by atoms with Crippen LogP contribution in [0.15, 0.2) is 42.6 Å². The fourth-order valence-electron chi connectivity index (χ4n) is 2.02. The number of benzene rings is 1. The number of nitriles is 1. The first kappa shape index (κ1) is 15.5. The summed E-state index contributed by atoms with van der Waals surface area (Å²) in [5.74, 6) is 0.592. The van der Waals surface area contributed by atoms with Crippen molar-refractivity contribution in [3.63, 3.8) is 0 Å². The minimum Gasteiger partial charge on any atom is -0.495 e. The van der Waals surface area contributed by atoms with Gasteiger partial charge in [-0.3, -0.25) is 9.78 Å². The topological polar surface area (TPSA) is 75.0 Å². The second-order valence-electron chi connectivity index (χ2n) is 4.90. The first-order chi connectivity index (χ1) is 10.6. The molecule has 22 heavy (non-hydrogen) atoms. The second kappa shape index (κ2) is 7.23. The summed E-state index contributed by atoms with van der Waals surface area (Å²) in [5.41, 5.74) is 2.22. The highest BCUT2D eigenvalue weighted by Crippen LogP contribution is 2.14. The van der Waals surface area contributed by atoms with Gasteiger partial charge >= 0.3 is 0 Å².